The molecule has 1 aliphatic rings. The van der Waals surface area contributed by atoms with E-state index in [0.29, 0.717) is 6.04 Å². The molecular formula is C13H23N3O. The maximum absolute atomic E-state index is 5.46. The fourth-order valence-corrected chi connectivity index (χ4v) is 2.30. The molecular weight excluding hydrogens is 214 g/mol. The van der Waals surface area contributed by atoms with Crippen molar-refractivity contribution in [2.75, 3.05) is 12.4 Å². The topological polar surface area (TPSA) is 39.1 Å². The van der Waals surface area contributed by atoms with E-state index < -0.39 is 0 Å². The van der Waals surface area contributed by atoms with Gasteiger partial charge in [-0.1, -0.05) is 12.8 Å². The van der Waals surface area contributed by atoms with Gasteiger partial charge in [-0.15, -0.1) is 0 Å². The number of methoxy groups -OCH3 is 1. The molecule has 1 aromatic heterocycles. The monoisotopic (exact) mass is 237 g/mol. The fraction of sp³-hybridized carbons (Fsp3) is 0.769. The Morgan fingerprint density at radius 3 is 2.82 bits per heavy atom. The van der Waals surface area contributed by atoms with Crippen LogP contribution < -0.4 is 5.32 Å². The van der Waals surface area contributed by atoms with E-state index in [9.17, 15) is 0 Å². The molecule has 0 saturated heterocycles. The summed E-state index contributed by atoms with van der Waals surface area (Å²) in [5, 5.41) is 3.53. The lowest BCUT2D eigenvalue weighted by atomic mass is 10.1. The average Bonchev–Trinajstić information content (AvgIpc) is 2.92. The van der Waals surface area contributed by atoms with E-state index in [1.807, 2.05) is 12.4 Å². The van der Waals surface area contributed by atoms with Gasteiger partial charge in [-0.25, -0.2) is 4.98 Å². The second kappa shape index (κ2) is 5.08. The van der Waals surface area contributed by atoms with Gasteiger partial charge in [0.05, 0.1) is 12.1 Å². The van der Waals surface area contributed by atoms with Gasteiger partial charge in [0.2, 0.25) is 5.95 Å². The van der Waals surface area contributed by atoms with E-state index in [2.05, 4.69) is 28.7 Å². The summed E-state index contributed by atoms with van der Waals surface area (Å²) in [6.07, 6.45) is 9.06. The van der Waals surface area contributed by atoms with Gasteiger partial charge in [0.1, 0.15) is 0 Å². The Hall–Kier alpha value is -1.03. The maximum atomic E-state index is 5.46. The zero-order chi connectivity index (χ0) is 12.3. The van der Waals surface area contributed by atoms with Crippen LogP contribution in [0.4, 0.5) is 5.95 Å². The van der Waals surface area contributed by atoms with Gasteiger partial charge in [0.15, 0.2) is 0 Å². The van der Waals surface area contributed by atoms with E-state index in [1.54, 1.807) is 7.11 Å². The van der Waals surface area contributed by atoms with Gasteiger partial charge in [-0.2, -0.15) is 0 Å². The van der Waals surface area contributed by atoms with Crippen LogP contribution in [0.3, 0.4) is 0 Å². The number of hydrogen-bond donors (Lipinski definition) is 1. The Balaban J connectivity index is 2.00. The third-order valence-electron chi connectivity index (χ3n) is 3.51. The first-order valence-corrected chi connectivity index (χ1v) is 6.43. The van der Waals surface area contributed by atoms with Gasteiger partial charge in [0, 0.05) is 25.5 Å². The van der Waals surface area contributed by atoms with Gasteiger partial charge in [-0.3, -0.25) is 0 Å². The highest BCUT2D eigenvalue weighted by atomic mass is 16.5. The SMILES string of the molecule is COC(C)(C)Cn1ccnc1NC1CCCC1. The molecule has 1 heterocycles. The lowest BCUT2D eigenvalue weighted by Gasteiger charge is -2.25. The Bertz CT molecular complexity index is 353. The molecule has 4 heteroatoms. The van der Waals surface area contributed by atoms with E-state index >= 15 is 0 Å². The molecule has 1 aromatic rings. The average molecular weight is 237 g/mol. The molecule has 0 radical (unpaired) electrons. The summed E-state index contributed by atoms with van der Waals surface area (Å²) in [5.74, 6) is 0.974. The Morgan fingerprint density at radius 1 is 1.47 bits per heavy atom. The lowest BCUT2D eigenvalue weighted by molar-refractivity contribution is 0.00855. The summed E-state index contributed by atoms with van der Waals surface area (Å²) in [4.78, 5) is 4.39. The van der Waals surface area contributed by atoms with Gasteiger partial charge < -0.3 is 14.6 Å². The molecule has 96 valence electrons. The molecule has 2 rings (SSSR count). The minimum Gasteiger partial charge on any atom is -0.377 e. The van der Waals surface area contributed by atoms with Crippen molar-refractivity contribution < 1.29 is 4.74 Å². The van der Waals surface area contributed by atoms with Crippen molar-refractivity contribution in [3.8, 4) is 0 Å². The minimum absolute atomic E-state index is 0.160. The van der Waals surface area contributed by atoms with Gasteiger partial charge in [0.25, 0.3) is 0 Å². The summed E-state index contributed by atoms with van der Waals surface area (Å²) in [6.45, 7) is 5.00. The first kappa shape index (κ1) is 12.4. The Kier molecular flexibility index (Phi) is 3.72. The number of anilines is 1. The first-order chi connectivity index (χ1) is 8.11. The van der Waals surface area contributed by atoms with Crippen molar-refractivity contribution in [1.82, 2.24) is 9.55 Å². The molecule has 17 heavy (non-hydrogen) atoms. The van der Waals surface area contributed by atoms with Crippen LogP contribution in [0, 0.1) is 0 Å². The van der Waals surface area contributed by atoms with Crippen LogP contribution in [-0.2, 0) is 11.3 Å². The number of nitrogens with one attached hydrogen (secondary N) is 1. The largest absolute Gasteiger partial charge is 0.377 e. The maximum Gasteiger partial charge on any atom is 0.203 e. The van der Waals surface area contributed by atoms with E-state index in [0.717, 1.165) is 12.5 Å². The van der Waals surface area contributed by atoms with Crippen molar-refractivity contribution in [3.63, 3.8) is 0 Å². The first-order valence-electron chi connectivity index (χ1n) is 6.43. The minimum atomic E-state index is -0.160. The normalized spacial score (nSPS) is 17.6. The number of imidazole rings is 1. The second-order valence-electron chi connectivity index (χ2n) is 5.47. The highest BCUT2D eigenvalue weighted by Crippen LogP contribution is 2.22. The summed E-state index contributed by atoms with van der Waals surface area (Å²) in [5.41, 5.74) is -0.160. The number of rotatable bonds is 5. The van der Waals surface area contributed by atoms with Crippen LogP contribution in [0.5, 0.6) is 0 Å². The van der Waals surface area contributed by atoms with Crippen LogP contribution in [0.25, 0.3) is 0 Å². The standard InChI is InChI=1S/C13H23N3O/c1-13(2,17-3)10-16-9-8-14-12(16)15-11-6-4-5-7-11/h8-9,11H,4-7,10H2,1-3H3,(H,14,15). The van der Waals surface area contributed by atoms with Crippen LogP contribution in [0.15, 0.2) is 12.4 Å². The zero-order valence-electron chi connectivity index (χ0n) is 11.1. The van der Waals surface area contributed by atoms with Crippen LogP contribution >= 0.6 is 0 Å². The van der Waals surface area contributed by atoms with E-state index in [1.165, 1.54) is 25.7 Å². The molecule has 0 aromatic carbocycles. The fourth-order valence-electron chi connectivity index (χ4n) is 2.30. The van der Waals surface area contributed by atoms with E-state index in [4.69, 9.17) is 4.74 Å². The summed E-state index contributed by atoms with van der Waals surface area (Å²) in [7, 11) is 1.75. The quantitative estimate of drug-likeness (QED) is 0.855. The molecule has 0 amide bonds. The molecule has 4 nitrogen and oxygen atoms in total. The molecule has 1 aliphatic carbocycles. The molecule has 0 aliphatic heterocycles. The summed E-state index contributed by atoms with van der Waals surface area (Å²) < 4.78 is 7.60. The van der Waals surface area contributed by atoms with Crippen LogP contribution in [0.1, 0.15) is 39.5 Å². The predicted molar refractivity (Wildman–Crippen MR) is 69.2 cm³/mol. The highest BCUT2D eigenvalue weighted by Gasteiger charge is 2.21. The molecule has 1 fully saturated rings. The Morgan fingerprint density at radius 2 is 2.18 bits per heavy atom. The molecule has 0 bridgehead atoms. The van der Waals surface area contributed by atoms with Crippen LogP contribution in [0.2, 0.25) is 0 Å². The molecule has 1 saturated carbocycles. The number of aromatic nitrogens is 2. The highest BCUT2D eigenvalue weighted by molar-refractivity contribution is 5.28. The molecule has 1 N–H and O–H groups in total. The van der Waals surface area contributed by atoms with E-state index in [-0.39, 0.29) is 5.60 Å². The smallest absolute Gasteiger partial charge is 0.203 e. The molecule has 0 unspecified atom stereocenters. The molecule has 0 spiro atoms. The number of ether oxygens (including phenoxy) is 1. The van der Waals surface area contributed by atoms with Crippen molar-refractivity contribution in [3.05, 3.63) is 12.4 Å². The van der Waals surface area contributed by atoms with Crippen molar-refractivity contribution in [2.45, 2.75) is 57.7 Å². The lowest BCUT2D eigenvalue weighted by Crippen LogP contribution is -2.30. The van der Waals surface area contributed by atoms with Crippen molar-refractivity contribution >= 4 is 5.95 Å². The molecule has 0 atom stereocenters. The second-order valence-corrected chi connectivity index (χ2v) is 5.47. The predicted octanol–water partition coefficient (Wildman–Crippen LogP) is 2.66. The third kappa shape index (κ3) is 3.22. The van der Waals surface area contributed by atoms with Crippen molar-refractivity contribution in [2.24, 2.45) is 0 Å². The van der Waals surface area contributed by atoms with Crippen molar-refractivity contribution in [1.29, 1.82) is 0 Å². The third-order valence-corrected chi connectivity index (χ3v) is 3.51. The van der Waals surface area contributed by atoms with Crippen LogP contribution in [-0.4, -0.2) is 28.3 Å². The summed E-state index contributed by atoms with van der Waals surface area (Å²) >= 11 is 0. The summed E-state index contributed by atoms with van der Waals surface area (Å²) in [6, 6.07) is 0.599. The van der Waals surface area contributed by atoms with Gasteiger partial charge >= 0.3 is 0 Å². The number of hydrogen-bond acceptors (Lipinski definition) is 3. The number of nitrogens with zero attached hydrogens (tertiary/aromatic N) is 2. The van der Waals surface area contributed by atoms with Gasteiger partial charge in [-0.05, 0) is 26.7 Å². The Labute approximate surface area is 103 Å². The zero-order valence-corrected chi connectivity index (χ0v) is 11.1.